The highest BCUT2D eigenvalue weighted by molar-refractivity contribution is 7.99. The molecule has 0 saturated heterocycles. The van der Waals surface area contributed by atoms with Crippen molar-refractivity contribution in [1.82, 2.24) is 14.5 Å². The van der Waals surface area contributed by atoms with Crippen LogP contribution in [0, 0.1) is 6.92 Å². The van der Waals surface area contributed by atoms with Crippen LogP contribution in [-0.2, 0) is 11.3 Å². The maximum absolute atomic E-state index is 13.7. The molecule has 38 heavy (non-hydrogen) atoms. The Balaban J connectivity index is 1.49. The first-order chi connectivity index (χ1) is 18.3. The van der Waals surface area contributed by atoms with E-state index in [1.165, 1.54) is 28.7 Å². The zero-order valence-corrected chi connectivity index (χ0v) is 23.3. The molecule has 0 spiro atoms. The number of hydrogen-bond donors (Lipinski definition) is 1. The highest BCUT2D eigenvalue weighted by Gasteiger charge is 2.19. The average Bonchev–Trinajstić information content (AvgIpc) is 3.28. The lowest BCUT2D eigenvalue weighted by atomic mass is 10.0. The number of fused-ring (bicyclic) bond motifs is 3. The zero-order valence-electron chi connectivity index (χ0n) is 21.6. The minimum Gasteiger partial charge on any atom is -0.495 e. The van der Waals surface area contributed by atoms with Gasteiger partial charge in [-0.25, -0.2) is 9.97 Å². The summed E-state index contributed by atoms with van der Waals surface area (Å²) in [6.07, 6.45) is 1.71. The molecule has 0 bridgehead atoms. The monoisotopic (exact) mass is 544 g/mol. The number of thioether (sulfide) groups is 1. The molecular weight excluding hydrogens is 516 g/mol. The van der Waals surface area contributed by atoms with Crippen molar-refractivity contribution in [2.45, 2.75) is 38.4 Å². The van der Waals surface area contributed by atoms with Crippen LogP contribution < -0.4 is 15.6 Å². The molecule has 194 valence electrons. The lowest BCUT2D eigenvalue weighted by molar-refractivity contribution is -0.113. The summed E-state index contributed by atoms with van der Waals surface area (Å²) < 4.78 is 7.61. The van der Waals surface area contributed by atoms with Gasteiger partial charge in [0.05, 0.1) is 30.6 Å². The van der Waals surface area contributed by atoms with Crippen molar-refractivity contribution < 1.29 is 9.53 Å². The van der Waals surface area contributed by atoms with E-state index in [4.69, 9.17) is 9.72 Å². The third kappa shape index (κ3) is 5.30. The van der Waals surface area contributed by atoms with E-state index in [0.29, 0.717) is 39.3 Å². The van der Waals surface area contributed by atoms with E-state index in [-0.39, 0.29) is 17.2 Å². The van der Waals surface area contributed by atoms with Crippen molar-refractivity contribution in [3.8, 4) is 5.75 Å². The van der Waals surface area contributed by atoms with Crippen LogP contribution in [0.2, 0.25) is 0 Å². The minimum atomic E-state index is -0.210. The Labute approximate surface area is 228 Å². The maximum Gasteiger partial charge on any atom is 0.272 e. The number of hydrogen-bond acceptors (Lipinski definition) is 7. The summed E-state index contributed by atoms with van der Waals surface area (Å²) in [5.41, 5.74) is 4.35. The summed E-state index contributed by atoms with van der Waals surface area (Å²) in [4.78, 5) is 36.7. The number of nitrogens with one attached hydrogen (secondary N) is 1. The van der Waals surface area contributed by atoms with Gasteiger partial charge in [-0.2, -0.15) is 0 Å². The summed E-state index contributed by atoms with van der Waals surface area (Å²) in [7, 11) is 1.57. The molecule has 0 aliphatic carbocycles. The second-order valence-corrected chi connectivity index (χ2v) is 11.3. The van der Waals surface area contributed by atoms with Crippen LogP contribution in [0.4, 0.5) is 5.69 Å². The Kier molecular flexibility index (Phi) is 7.49. The third-order valence-electron chi connectivity index (χ3n) is 6.27. The Bertz CT molecular complexity index is 1690. The van der Waals surface area contributed by atoms with E-state index in [0.717, 1.165) is 21.3 Å². The fourth-order valence-electron chi connectivity index (χ4n) is 4.22. The van der Waals surface area contributed by atoms with E-state index < -0.39 is 0 Å². The van der Waals surface area contributed by atoms with Gasteiger partial charge in [0.15, 0.2) is 5.16 Å². The number of aromatic nitrogens is 3. The molecule has 0 unspecified atom stereocenters. The van der Waals surface area contributed by atoms with E-state index >= 15 is 0 Å². The average molecular weight is 545 g/mol. The SMILES string of the molecule is COc1ccc(C)cc1NC(=O)CSc1nc2c(sc3ncccc32)c(=O)n1Cc1ccc(C(C)C)cc1. The van der Waals surface area contributed by atoms with Gasteiger partial charge in [0.1, 0.15) is 15.3 Å². The second-order valence-electron chi connectivity index (χ2n) is 9.36. The van der Waals surface area contributed by atoms with E-state index in [1.807, 2.05) is 49.4 Å². The predicted octanol–water partition coefficient (Wildman–Crippen LogP) is 6.23. The molecule has 0 aliphatic heterocycles. The third-order valence-corrected chi connectivity index (χ3v) is 8.33. The molecule has 1 N–H and O–H groups in total. The Hall–Kier alpha value is -3.69. The molecule has 0 fully saturated rings. The lowest BCUT2D eigenvalue weighted by Gasteiger charge is -2.14. The van der Waals surface area contributed by atoms with Gasteiger partial charge in [-0.15, -0.1) is 11.3 Å². The van der Waals surface area contributed by atoms with Crippen molar-refractivity contribution in [1.29, 1.82) is 0 Å². The maximum atomic E-state index is 13.7. The van der Waals surface area contributed by atoms with Gasteiger partial charge in [0.2, 0.25) is 5.91 Å². The normalized spacial score (nSPS) is 11.4. The quantitative estimate of drug-likeness (QED) is 0.184. The van der Waals surface area contributed by atoms with Crippen molar-refractivity contribution in [3.63, 3.8) is 0 Å². The van der Waals surface area contributed by atoms with Crippen LogP contribution >= 0.6 is 23.1 Å². The topological polar surface area (TPSA) is 86.1 Å². The van der Waals surface area contributed by atoms with Crippen LogP contribution in [-0.4, -0.2) is 33.3 Å². The largest absolute Gasteiger partial charge is 0.495 e. The van der Waals surface area contributed by atoms with Gasteiger partial charge in [-0.3, -0.25) is 14.2 Å². The van der Waals surface area contributed by atoms with E-state index in [1.54, 1.807) is 17.9 Å². The Morgan fingerprint density at radius 3 is 2.68 bits per heavy atom. The number of thiophene rings is 1. The van der Waals surface area contributed by atoms with Gasteiger partial charge in [-0.1, -0.05) is 55.9 Å². The molecule has 9 heteroatoms. The number of pyridine rings is 1. The van der Waals surface area contributed by atoms with Crippen molar-refractivity contribution >= 4 is 55.1 Å². The molecule has 0 atom stereocenters. The van der Waals surface area contributed by atoms with E-state index in [9.17, 15) is 9.59 Å². The van der Waals surface area contributed by atoms with Gasteiger partial charge in [0, 0.05) is 11.6 Å². The molecule has 0 radical (unpaired) electrons. The first kappa shape index (κ1) is 25.9. The van der Waals surface area contributed by atoms with Crippen LogP contribution in [0.3, 0.4) is 0 Å². The van der Waals surface area contributed by atoms with Crippen LogP contribution in [0.1, 0.15) is 36.5 Å². The van der Waals surface area contributed by atoms with Gasteiger partial charge in [0.25, 0.3) is 5.56 Å². The number of amides is 1. The number of carbonyl (C=O) groups excluding carboxylic acids is 1. The van der Waals surface area contributed by atoms with Crippen molar-refractivity contribution in [3.05, 3.63) is 87.8 Å². The Morgan fingerprint density at radius 1 is 1.16 bits per heavy atom. The first-order valence-electron chi connectivity index (χ1n) is 12.3. The molecule has 3 aromatic heterocycles. The van der Waals surface area contributed by atoms with E-state index in [2.05, 4.69) is 36.3 Å². The molecule has 5 rings (SSSR count). The summed E-state index contributed by atoms with van der Waals surface area (Å²) in [6.45, 7) is 6.62. The molecule has 1 amide bonds. The van der Waals surface area contributed by atoms with Gasteiger partial charge >= 0.3 is 0 Å². The highest BCUT2D eigenvalue weighted by atomic mass is 32.2. The molecule has 3 heterocycles. The fraction of sp³-hybridized carbons (Fsp3) is 0.241. The van der Waals surface area contributed by atoms with Crippen LogP contribution in [0.5, 0.6) is 5.75 Å². The van der Waals surface area contributed by atoms with Crippen LogP contribution in [0.25, 0.3) is 20.4 Å². The number of anilines is 1. The summed E-state index contributed by atoms with van der Waals surface area (Å²) in [5.74, 6) is 0.889. The highest BCUT2D eigenvalue weighted by Crippen LogP contribution is 2.31. The van der Waals surface area contributed by atoms with Crippen molar-refractivity contribution in [2.24, 2.45) is 0 Å². The lowest BCUT2D eigenvalue weighted by Crippen LogP contribution is -2.24. The number of rotatable bonds is 8. The zero-order chi connectivity index (χ0) is 26.8. The fourth-order valence-corrected chi connectivity index (χ4v) is 6.04. The molecule has 2 aromatic carbocycles. The molecular formula is C29H28N4O3S2. The summed E-state index contributed by atoms with van der Waals surface area (Å²) >= 11 is 2.59. The van der Waals surface area contributed by atoms with Crippen LogP contribution in [0.15, 0.2) is 70.7 Å². The number of carbonyl (C=O) groups is 1. The van der Waals surface area contributed by atoms with Gasteiger partial charge in [-0.05, 0) is 53.8 Å². The molecule has 0 saturated carbocycles. The summed E-state index contributed by atoms with van der Waals surface area (Å²) in [5, 5.41) is 4.26. The standard InChI is InChI=1S/C29H28N4O3S2/c1-17(2)20-10-8-19(9-11-20)15-33-28(35)26-25(21-6-5-13-30-27(21)38-26)32-29(33)37-16-24(34)31-22-14-18(3)7-12-23(22)36-4/h5-14,17H,15-16H2,1-4H3,(H,31,34). The minimum absolute atomic E-state index is 0.0850. The number of aryl methyl sites for hydroxylation is 1. The molecule has 7 nitrogen and oxygen atoms in total. The number of methoxy groups -OCH3 is 1. The smallest absolute Gasteiger partial charge is 0.272 e. The predicted molar refractivity (Wildman–Crippen MR) is 156 cm³/mol. The number of ether oxygens (including phenoxy) is 1. The van der Waals surface area contributed by atoms with Gasteiger partial charge < -0.3 is 10.1 Å². The molecule has 0 aliphatic rings. The molecule has 5 aromatic rings. The first-order valence-corrected chi connectivity index (χ1v) is 14.1. The number of benzene rings is 2. The Morgan fingerprint density at radius 2 is 1.95 bits per heavy atom. The van der Waals surface area contributed by atoms with Crippen molar-refractivity contribution in [2.75, 3.05) is 18.2 Å². The number of nitrogens with zero attached hydrogens (tertiary/aromatic N) is 3. The summed E-state index contributed by atoms with van der Waals surface area (Å²) in [6, 6.07) is 17.7. The second kappa shape index (κ2) is 11.0.